The Balaban J connectivity index is 1.34. The van der Waals surface area contributed by atoms with E-state index in [2.05, 4.69) is 21.2 Å². The van der Waals surface area contributed by atoms with E-state index in [4.69, 9.17) is 0 Å². The third-order valence-electron chi connectivity index (χ3n) is 4.97. The van der Waals surface area contributed by atoms with Crippen LogP contribution >= 0.6 is 27.7 Å². The van der Waals surface area contributed by atoms with E-state index < -0.39 is 0 Å². The molecular formula is C22H23BrN2O2S. The summed E-state index contributed by atoms with van der Waals surface area (Å²) in [6.07, 6.45) is 4.33. The van der Waals surface area contributed by atoms with Crippen molar-refractivity contribution in [2.75, 3.05) is 5.75 Å². The molecule has 2 aromatic rings. The van der Waals surface area contributed by atoms with E-state index in [1.54, 1.807) is 11.8 Å². The van der Waals surface area contributed by atoms with Crippen LogP contribution in [0.5, 0.6) is 0 Å². The lowest BCUT2D eigenvalue weighted by atomic mass is 10.1. The van der Waals surface area contributed by atoms with Crippen LogP contribution in [0.25, 0.3) is 0 Å². The Bertz CT molecular complexity index is 846. The zero-order valence-corrected chi connectivity index (χ0v) is 18.0. The van der Waals surface area contributed by atoms with Gasteiger partial charge in [-0.3, -0.25) is 9.59 Å². The molecule has 0 radical (unpaired) electrons. The molecule has 4 nitrogen and oxygen atoms in total. The Hall–Kier alpha value is -1.79. The first kappa shape index (κ1) is 19.5. The SMILES string of the molecule is O=C(NC1CC1)c1ccc(CN(C(=O)CSc2ccc(Br)cc2)C2CC2)cc1. The largest absolute Gasteiger partial charge is 0.349 e. The van der Waals surface area contributed by atoms with Gasteiger partial charge in [0.05, 0.1) is 5.75 Å². The van der Waals surface area contributed by atoms with E-state index in [0.717, 1.165) is 40.6 Å². The first-order valence-electron chi connectivity index (χ1n) is 9.66. The lowest BCUT2D eigenvalue weighted by Gasteiger charge is -2.22. The Morgan fingerprint density at radius 1 is 1.00 bits per heavy atom. The van der Waals surface area contributed by atoms with Crippen molar-refractivity contribution in [2.45, 2.75) is 49.2 Å². The fourth-order valence-electron chi connectivity index (χ4n) is 3.02. The van der Waals surface area contributed by atoms with E-state index in [1.165, 1.54) is 0 Å². The van der Waals surface area contributed by atoms with Gasteiger partial charge in [0.2, 0.25) is 5.91 Å². The van der Waals surface area contributed by atoms with E-state index in [1.807, 2.05) is 53.4 Å². The van der Waals surface area contributed by atoms with Crippen LogP contribution in [0, 0.1) is 0 Å². The molecule has 0 aromatic heterocycles. The molecule has 0 saturated heterocycles. The first-order valence-corrected chi connectivity index (χ1v) is 11.4. The quantitative estimate of drug-likeness (QED) is 0.586. The molecule has 2 aliphatic carbocycles. The zero-order valence-electron chi connectivity index (χ0n) is 15.6. The first-order chi connectivity index (χ1) is 13.6. The summed E-state index contributed by atoms with van der Waals surface area (Å²) in [6, 6.07) is 16.4. The molecule has 6 heteroatoms. The minimum absolute atomic E-state index is 0.00456. The molecule has 146 valence electrons. The monoisotopic (exact) mass is 458 g/mol. The van der Waals surface area contributed by atoms with Gasteiger partial charge in [-0.05, 0) is 67.6 Å². The molecule has 1 N–H and O–H groups in total. The minimum atomic E-state index is -0.00456. The number of benzene rings is 2. The van der Waals surface area contributed by atoms with Gasteiger partial charge in [0.15, 0.2) is 0 Å². The van der Waals surface area contributed by atoms with Crippen molar-refractivity contribution in [1.82, 2.24) is 10.2 Å². The van der Waals surface area contributed by atoms with Gasteiger partial charge in [0, 0.05) is 33.6 Å². The number of nitrogens with one attached hydrogen (secondary N) is 1. The standard InChI is InChI=1S/C22H23BrN2O2S/c23-17-5-11-20(12-6-17)28-14-21(26)25(19-9-10-19)13-15-1-3-16(4-2-15)22(27)24-18-7-8-18/h1-6,11-12,18-19H,7-10,13-14H2,(H,24,27). The second-order valence-electron chi connectivity index (χ2n) is 7.44. The Morgan fingerprint density at radius 3 is 2.29 bits per heavy atom. The molecule has 28 heavy (non-hydrogen) atoms. The molecule has 2 fully saturated rings. The Morgan fingerprint density at radius 2 is 1.68 bits per heavy atom. The van der Waals surface area contributed by atoms with Gasteiger partial charge in [-0.15, -0.1) is 11.8 Å². The van der Waals surface area contributed by atoms with Gasteiger partial charge in [-0.25, -0.2) is 0 Å². The molecule has 2 amide bonds. The van der Waals surface area contributed by atoms with Crippen LogP contribution in [0.1, 0.15) is 41.6 Å². The molecule has 0 atom stereocenters. The molecule has 2 aliphatic rings. The maximum Gasteiger partial charge on any atom is 0.251 e. The molecule has 2 aromatic carbocycles. The predicted molar refractivity (Wildman–Crippen MR) is 115 cm³/mol. The van der Waals surface area contributed by atoms with Gasteiger partial charge in [-0.2, -0.15) is 0 Å². The normalized spacial score (nSPS) is 15.9. The number of hydrogen-bond donors (Lipinski definition) is 1. The number of hydrogen-bond acceptors (Lipinski definition) is 3. The number of halogens is 1. The number of carbonyl (C=O) groups excluding carboxylic acids is 2. The smallest absolute Gasteiger partial charge is 0.251 e. The maximum atomic E-state index is 12.8. The number of amides is 2. The third kappa shape index (κ3) is 5.39. The van der Waals surface area contributed by atoms with Gasteiger partial charge in [-0.1, -0.05) is 28.1 Å². The summed E-state index contributed by atoms with van der Waals surface area (Å²) in [6.45, 7) is 0.606. The maximum absolute atomic E-state index is 12.8. The van der Waals surface area contributed by atoms with E-state index in [0.29, 0.717) is 29.9 Å². The van der Waals surface area contributed by atoms with Gasteiger partial charge < -0.3 is 10.2 Å². The summed E-state index contributed by atoms with van der Waals surface area (Å²) in [4.78, 5) is 28.0. The van der Waals surface area contributed by atoms with Crippen molar-refractivity contribution in [1.29, 1.82) is 0 Å². The van der Waals surface area contributed by atoms with Crippen molar-refractivity contribution in [2.24, 2.45) is 0 Å². The van der Waals surface area contributed by atoms with Crippen LogP contribution in [0.2, 0.25) is 0 Å². The molecule has 0 heterocycles. The van der Waals surface area contributed by atoms with Gasteiger partial charge >= 0.3 is 0 Å². The van der Waals surface area contributed by atoms with E-state index in [-0.39, 0.29) is 11.8 Å². The topological polar surface area (TPSA) is 49.4 Å². The highest BCUT2D eigenvalue weighted by Gasteiger charge is 2.32. The predicted octanol–water partition coefficient (Wildman–Crippen LogP) is 4.62. The highest BCUT2D eigenvalue weighted by atomic mass is 79.9. The second-order valence-corrected chi connectivity index (χ2v) is 9.40. The van der Waals surface area contributed by atoms with Gasteiger partial charge in [0.25, 0.3) is 5.91 Å². The highest BCUT2D eigenvalue weighted by molar-refractivity contribution is 9.10. The average molecular weight is 459 g/mol. The van der Waals surface area contributed by atoms with Crippen molar-refractivity contribution < 1.29 is 9.59 Å². The molecule has 0 bridgehead atoms. The zero-order chi connectivity index (χ0) is 19.5. The molecule has 2 saturated carbocycles. The summed E-state index contributed by atoms with van der Waals surface area (Å²) in [7, 11) is 0. The molecule has 0 aliphatic heterocycles. The lowest BCUT2D eigenvalue weighted by molar-refractivity contribution is -0.129. The molecule has 0 spiro atoms. The Labute approximate surface area is 178 Å². The fraction of sp³-hybridized carbons (Fsp3) is 0.364. The van der Waals surface area contributed by atoms with Gasteiger partial charge in [0.1, 0.15) is 0 Å². The highest BCUT2D eigenvalue weighted by Crippen LogP contribution is 2.30. The second kappa shape index (κ2) is 8.70. The average Bonchev–Trinajstić information content (AvgIpc) is 3.60. The summed E-state index contributed by atoms with van der Waals surface area (Å²) in [5.41, 5.74) is 1.75. The van der Waals surface area contributed by atoms with Crippen LogP contribution in [-0.4, -0.2) is 34.6 Å². The van der Waals surface area contributed by atoms with Crippen LogP contribution < -0.4 is 5.32 Å². The molecular weight excluding hydrogens is 436 g/mol. The lowest BCUT2D eigenvalue weighted by Crippen LogP contribution is -2.34. The van der Waals surface area contributed by atoms with Crippen molar-refractivity contribution in [3.63, 3.8) is 0 Å². The Kier molecular flexibility index (Phi) is 6.07. The number of thioether (sulfide) groups is 1. The van der Waals surface area contributed by atoms with Crippen LogP contribution in [-0.2, 0) is 11.3 Å². The number of rotatable bonds is 8. The third-order valence-corrected chi connectivity index (χ3v) is 6.49. The van der Waals surface area contributed by atoms with Crippen molar-refractivity contribution in [3.8, 4) is 0 Å². The van der Waals surface area contributed by atoms with Crippen LogP contribution in [0.3, 0.4) is 0 Å². The number of carbonyl (C=O) groups is 2. The van der Waals surface area contributed by atoms with E-state index >= 15 is 0 Å². The van der Waals surface area contributed by atoms with Crippen molar-refractivity contribution >= 4 is 39.5 Å². The number of nitrogens with zero attached hydrogens (tertiary/aromatic N) is 1. The minimum Gasteiger partial charge on any atom is -0.349 e. The fourth-order valence-corrected chi connectivity index (χ4v) is 4.07. The van der Waals surface area contributed by atoms with Crippen molar-refractivity contribution in [3.05, 3.63) is 64.1 Å². The summed E-state index contributed by atoms with van der Waals surface area (Å²) >= 11 is 5.01. The summed E-state index contributed by atoms with van der Waals surface area (Å²) in [5, 5.41) is 3.00. The van der Waals surface area contributed by atoms with Crippen LogP contribution in [0.15, 0.2) is 57.9 Å². The summed E-state index contributed by atoms with van der Waals surface area (Å²) in [5.74, 6) is 0.612. The van der Waals surface area contributed by atoms with Crippen LogP contribution in [0.4, 0.5) is 0 Å². The molecule has 4 rings (SSSR count). The van der Waals surface area contributed by atoms with E-state index in [9.17, 15) is 9.59 Å². The molecule has 0 unspecified atom stereocenters. The summed E-state index contributed by atoms with van der Waals surface area (Å²) < 4.78 is 1.04.